The summed E-state index contributed by atoms with van der Waals surface area (Å²) in [5.41, 5.74) is -5.29. The van der Waals surface area contributed by atoms with E-state index in [-0.39, 0.29) is 0 Å². The van der Waals surface area contributed by atoms with E-state index in [1.807, 2.05) is 0 Å². The van der Waals surface area contributed by atoms with Crippen molar-refractivity contribution in [3.05, 3.63) is 71.3 Å². The van der Waals surface area contributed by atoms with Crippen molar-refractivity contribution in [1.29, 1.82) is 0 Å². The van der Waals surface area contributed by atoms with E-state index in [0.29, 0.717) is 12.0 Å². The van der Waals surface area contributed by atoms with Crippen LogP contribution >= 0.6 is 0 Å². The summed E-state index contributed by atoms with van der Waals surface area (Å²) in [7, 11) is 0. The van der Waals surface area contributed by atoms with Gasteiger partial charge in [0.2, 0.25) is 5.41 Å². The molecule has 0 heterocycles. The van der Waals surface area contributed by atoms with Gasteiger partial charge in [0.1, 0.15) is 0 Å². The predicted octanol–water partition coefficient (Wildman–Crippen LogP) is 5.66. The number of hydrogen-bond donors (Lipinski definition) is 0. The van der Waals surface area contributed by atoms with Crippen LogP contribution in [0, 0.1) is 0 Å². The lowest BCUT2D eigenvalue weighted by Gasteiger charge is -2.38. The molecule has 0 spiro atoms. The molecule has 0 bridgehead atoms. The minimum atomic E-state index is -5.53. The molecule has 23 heavy (non-hydrogen) atoms. The van der Waals surface area contributed by atoms with Crippen molar-refractivity contribution in [2.24, 2.45) is 0 Å². The number of rotatable bonds is 3. The fourth-order valence-electron chi connectivity index (χ4n) is 2.69. The van der Waals surface area contributed by atoms with Crippen molar-refractivity contribution < 1.29 is 26.3 Å². The molecule has 0 radical (unpaired) electrons. The second-order valence-corrected chi connectivity index (χ2v) is 5.17. The monoisotopic (exact) mass is 332 g/mol. The average molecular weight is 332 g/mol. The Bertz CT molecular complexity index is 641. The summed E-state index contributed by atoms with van der Waals surface area (Å²) in [4.78, 5) is 0. The Morgan fingerprint density at radius 1 is 0.696 bits per heavy atom. The smallest absolute Gasteiger partial charge is 0.169 e. The number of benzene rings is 2. The van der Waals surface area contributed by atoms with Crippen molar-refractivity contribution in [2.45, 2.75) is 31.1 Å². The van der Waals surface area contributed by atoms with Gasteiger partial charge in [0.25, 0.3) is 0 Å². The van der Waals surface area contributed by atoms with Gasteiger partial charge in [-0.25, -0.2) is 0 Å². The molecule has 0 saturated carbocycles. The van der Waals surface area contributed by atoms with Crippen LogP contribution in [0.4, 0.5) is 26.3 Å². The van der Waals surface area contributed by atoms with Gasteiger partial charge in [-0.05, 0) is 23.1 Å². The Hall–Kier alpha value is -1.98. The third-order valence-corrected chi connectivity index (χ3v) is 3.83. The predicted molar refractivity (Wildman–Crippen MR) is 75.2 cm³/mol. The standard InChI is InChI=1S/C17H14F6/c1-2-12-7-6-10-14(11-12)15(16(18,19)20,17(21,22)23)13-8-4-3-5-9-13/h3-11H,2H2,1H3. The minimum Gasteiger partial charge on any atom is -0.169 e. The Labute approximate surface area is 129 Å². The van der Waals surface area contributed by atoms with E-state index >= 15 is 0 Å². The first-order valence-corrected chi connectivity index (χ1v) is 6.93. The van der Waals surface area contributed by atoms with E-state index in [1.165, 1.54) is 30.3 Å². The Kier molecular flexibility index (Phi) is 4.46. The second-order valence-electron chi connectivity index (χ2n) is 5.17. The molecule has 0 aliphatic rings. The first-order chi connectivity index (χ1) is 10.6. The second kappa shape index (κ2) is 5.91. The third kappa shape index (κ3) is 2.82. The molecule has 0 saturated heterocycles. The van der Waals surface area contributed by atoms with Gasteiger partial charge in [0.15, 0.2) is 0 Å². The van der Waals surface area contributed by atoms with Crippen molar-refractivity contribution >= 4 is 0 Å². The summed E-state index contributed by atoms with van der Waals surface area (Å²) in [6.07, 6.45) is -10.7. The molecule has 0 atom stereocenters. The van der Waals surface area contributed by atoms with Gasteiger partial charge in [-0.15, -0.1) is 0 Å². The van der Waals surface area contributed by atoms with Crippen LogP contribution < -0.4 is 0 Å². The normalized spacial score (nSPS) is 13.2. The van der Waals surface area contributed by atoms with Crippen molar-refractivity contribution in [3.63, 3.8) is 0 Å². The molecule has 0 aliphatic heterocycles. The number of aryl methyl sites for hydroxylation is 1. The zero-order chi connectivity index (χ0) is 17.3. The van der Waals surface area contributed by atoms with Gasteiger partial charge in [0, 0.05) is 0 Å². The molecule has 0 unspecified atom stereocenters. The molecule has 0 aliphatic carbocycles. The van der Waals surface area contributed by atoms with E-state index in [4.69, 9.17) is 0 Å². The van der Waals surface area contributed by atoms with Crippen LogP contribution in [-0.2, 0) is 11.8 Å². The van der Waals surface area contributed by atoms with E-state index in [1.54, 1.807) is 6.92 Å². The lowest BCUT2D eigenvalue weighted by Crippen LogP contribution is -2.54. The van der Waals surface area contributed by atoms with E-state index in [2.05, 4.69) is 0 Å². The molecule has 2 rings (SSSR count). The van der Waals surface area contributed by atoms with Crippen LogP contribution in [0.1, 0.15) is 23.6 Å². The van der Waals surface area contributed by atoms with Gasteiger partial charge >= 0.3 is 12.4 Å². The summed E-state index contributed by atoms with van der Waals surface area (Å²) >= 11 is 0. The van der Waals surface area contributed by atoms with E-state index < -0.39 is 28.9 Å². The van der Waals surface area contributed by atoms with E-state index in [9.17, 15) is 26.3 Å². The first-order valence-electron chi connectivity index (χ1n) is 6.93. The van der Waals surface area contributed by atoms with Crippen LogP contribution in [0.15, 0.2) is 54.6 Å². The van der Waals surface area contributed by atoms with E-state index in [0.717, 1.165) is 24.3 Å². The molecule has 0 amide bonds. The Morgan fingerprint density at radius 3 is 1.70 bits per heavy atom. The highest BCUT2D eigenvalue weighted by molar-refractivity contribution is 5.45. The molecule has 0 N–H and O–H groups in total. The van der Waals surface area contributed by atoms with Crippen LogP contribution in [0.2, 0.25) is 0 Å². The number of hydrogen-bond acceptors (Lipinski definition) is 0. The fraction of sp³-hybridized carbons (Fsp3) is 0.294. The molecule has 0 nitrogen and oxygen atoms in total. The number of alkyl halides is 6. The highest BCUT2D eigenvalue weighted by atomic mass is 19.4. The van der Waals surface area contributed by atoms with Gasteiger partial charge in [-0.1, -0.05) is 61.5 Å². The highest BCUT2D eigenvalue weighted by Gasteiger charge is 2.72. The zero-order valence-electron chi connectivity index (χ0n) is 12.2. The first kappa shape index (κ1) is 17.4. The third-order valence-electron chi connectivity index (χ3n) is 3.83. The van der Waals surface area contributed by atoms with Crippen molar-refractivity contribution in [3.8, 4) is 0 Å². The highest BCUT2D eigenvalue weighted by Crippen LogP contribution is 2.56. The molecule has 2 aromatic rings. The van der Waals surface area contributed by atoms with Gasteiger partial charge in [-0.2, -0.15) is 26.3 Å². The fourth-order valence-corrected chi connectivity index (χ4v) is 2.69. The Morgan fingerprint density at radius 2 is 1.22 bits per heavy atom. The lowest BCUT2D eigenvalue weighted by atomic mass is 9.72. The van der Waals surface area contributed by atoms with Gasteiger partial charge < -0.3 is 0 Å². The molecule has 124 valence electrons. The zero-order valence-corrected chi connectivity index (χ0v) is 12.2. The number of halogens is 6. The van der Waals surface area contributed by atoms with Crippen LogP contribution in [0.3, 0.4) is 0 Å². The van der Waals surface area contributed by atoms with Crippen LogP contribution in [-0.4, -0.2) is 12.4 Å². The van der Waals surface area contributed by atoms with Crippen LogP contribution in [0.5, 0.6) is 0 Å². The largest absolute Gasteiger partial charge is 0.411 e. The van der Waals surface area contributed by atoms with Gasteiger partial charge in [-0.3, -0.25) is 0 Å². The van der Waals surface area contributed by atoms with Crippen molar-refractivity contribution in [2.75, 3.05) is 0 Å². The summed E-state index contributed by atoms with van der Waals surface area (Å²) in [6, 6.07) is 10.0. The molecule has 0 fully saturated rings. The summed E-state index contributed by atoms with van der Waals surface area (Å²) < 4.78 is 82.5. The maximum absolute atomic E-state index is 13.8. The topological polar surface area (TPSA) is 0 Å². The lowest BCUT2D eigenvalue weighted by molar-refractivity contribution is -0.288. The van der Waals surface area contributed by atoms with Gasteiger partial charge in [0.05, 0.1) is 0 Å². The average Bonchev–Trinajstić information content (AvgIpc) is 2.46. The molecular formula is C17H14F6. The molecule has 2 aromatic carbocycles. The summed E-state index contributed by atoms with van der Waals surface area (Å²) in [5.74, 6) is 0. The minimum absolute atomic E-state index is 0.342. The Balaban J connectivity index is 2.88. The van der Waals surface area contributed by atoms with Crippen molar-refractivity contribution in [1.82, 2.24) is 0 Å². The summed E-state index contributed by atoms with van der Waals surface area (Å²) in [6.45, 7) is 1.67. The quantitative estimate of drug-likeness (QED) is 0.636. The summed E-state index contributed by atoms with van der Waals surface area (Å²) in [5, 5.41) is 0. The molecule has 0 aromatic heterocycles. The molecular weight excluding hydrogens is 318 g/mol. The molecule has 6 heteroatoms. The SMILES string of the molecule is CCc1cccc(C(c2ccccc2)(C(F)(F)F)C(F)(F)F)c1. The van der Waals surface area contributed by atoms with Crippen LogP contribution in [0.25, 0.3) is 0 Å². The maximum Gasteiger partial charge on any atom is 0.411 e. The maximum atomic E-state index is 13.8.